The summed E-state index contributed by atoms with van der Waals surface area (Å²) in [7, 11) is 0. The van der Waals surface area contributed by atoms with Crippen LogP contribution in [0.15, 0.2) is 36.4 Å². The molecule has 0 fully saturated rings. The standard InChI is InChI=1S/C18H12ClNO4S/c19-12-6-10(7-14-17(12)24-9-23-14)5-11(8-16(21)22)18-20-13-3-1-2-4-15(13)25-18/h1-7H,8-9H2,(H,21,22)/p-1/b11-5+. The highest BCUT2D eigenvalue weighted by Gasteiger charge is 2.18. The van der Waals surface area contributed by atoms with Gasteiger partial charge in [0.2, 0.25) is 6.79 Å². The molecular formula is C18H11ClNO4S-. The minimum Gasteiger partial charge on any atom is -0.550 e. The van der Waals surface area contributed by atoms with Crippen LogP contribution in [-0.4, -0.2) is 17.7 Å². The molecule has 0 N–H and O–H groups in total. The topological polar surface area (TPSA) is 71.5 Å². The number of hydrogen-bond acceptors (Lipinski definition) is 6. The number of ether oxygens (including phenoxy) is 2. The zero-order chi connectivity index (χ0) is 17.4. The van der Waals surface area contributed by atoms with E-state index in [4.69, 9.17) is 21.1 Å². The van der Waals surface area contributed by atoms with Crippen LogP contribution >= 0.6 is 22.9 Å². The van der Waals surface area contributed by atoms with E-state index in [9.17, 15) is 9.90 Å². The van der Waals surface area contributed by atoms with Crippen LogP contribution in [0.5, 0.6) is 11.5 Å². The molecule has 1 aliphatic heterocycles. The molecule has 1 aliphatic rings. The van der Waals surface area contributed by atoms with Gasteiger partial charge in [0.1, 0.15) is 5.01 Å². The summed E-state index contributed by atoms with van der Waals surface area (Å²) < 4.78 is 11.6. The van der Waals surface area contributed by atoms with Crippen molar-refractivity contribution in [2.24, 2.45) is 0 Å². The third-order valence-electron chi connectivity index (χ3n) is 3.69. The average molecular weight is 373 g/mol. The minimum atomic E-state index is -1.17. The normalized spacial score (nSPS) is 13.4. The van der Waals surface area contributed by atoms with E-state index in [0.717, 1.165) is 10.2 Å². The van der Waals surface area contributed by atoms with Crippen LogP contribution in [0.25, 0.3) is 21.9 Å². The Morgan fingerprint density at radius 3 is 2.96 bits per heavy atom. The first kappa shape index (κ1) is 15.9. The van der Waals surface area contributed by atoms with Crippen molar-refractivity contribution in [3.63, 3.8) is 0 Å². The third-order valence-corrected chi connectivity index (χ3v) is 5.09. The summed E-state index contributed by atoms with van der Waals surface area (Å²) in [5, 5.41) is 12.3. The van der Waals surface area contributed by atoms with Crippen LogP contribution in [-0.2, 0) is 4.79 Å². The molecule has 1 aromatic heterocycles. The second kappa shape index (κ2) is 6.38. The number of aliphatic carboxylic acids is 1. The first-order chi connectivity index (χ1) is 12.1. The number of hydrogen-bond donors (Lipinski definition) is 0. The lowest BCUT2D eigenvalue weighted by atomic mass is 10.1. The summed E-state index contributed by atoms with van der Waals surface area (Å²) in [6, 6.07) is 11.1. The molecule has 5 nitrogen and oxygen atoms in total. The van der Waals surface area contributed by atoms with E-state index >= 15 is 0 Å². The van der Waals surface area contributed by atoms with Crippen molar-refractivity contribution in [1.29, 1.82) is 0 Å². The maximum absolute atomic E-state index is 11.2. The zero-order valence-corrected chi connectivity index (χ0v) is 14.4. The molecule has 4 rings (SSSR count). The fraction of sp³-hybridized carbons (Fsp3) is 0.111. The molecule has 3 aromatic rings. The molecule has 7 heteroatoms. The van der Waals surface area contributed by atoms with Gasteiger partial charge in [-0.25, -0.2) is 4.98 Å². The van der Waals surface area contributed by atoms with Gasteiger partial charge in [-0.1, -0.05) is 23.7 Å². The highest BCUT2D eigenvalue weighted by Crippen LogP contribution is 2.41. The average Bonchev–Trinajstić information content (AvgIpc) is 3.20. The van der Waals surface area contributed by atoms with Crippen molar-refractivity contribution in [3.05, 3.63) is 52.0 Å². The lowest BCUT2D eigenvalue weighted by molar-refractivity contribution is -0.304. The number of carbonyl (C=O) groups is 1. The summed E-state index contributed by atoms with van der Waals surface area (Å²) in [5.41, 5.74) is 2.09. The Bertz CT molecular complexity index is 978. The number of nitrogens with zero attached hydrogens (tertiary/aromatic N) is 1. The molecule has 0 aliphatic carbocycles. The molecule has 0 unspecified atom stereocenters. The molecule has 126 valence electrons. The Hall–Kier alpha value is -2.57. The van der Waals surface area contributed by atoms with Crippen LogP contribution < -0.4 is 14.6 Å². The van der Waals surface area contributed by atoms with Crippen LogP contribution in [0.1, 0.15) is 17.0 Å². The third kappa shape index (κ3) is 3.18. The van der Waals surface area contributed by atoms with Gasteiger partial charge in [0.25, 0.3) is 0 Å². The van der Waals surface area contributed by atoms with Gasteiger partial charge in [0.15, 0.2) is 11.5 Å². The van der Waals surface area contributed by atoms with Gasteiger partial charge in [-0.15, -0.1) is 11.3 Å². The smallest absolute Gasteiger partial charge is 0.231 e. The summed E-state index contributed by atoms with van der Waals surface area (Å²) in [6.07, 6.45) is 1.49. The molecular weight excluding hydrogens is 362 g/mol. The number of benzene rings is 2. The molecule has 2 heterocycles. The van der Waals surface area contributed by atoms with E-state index in [0.29, 0.717) is 32.7 Å². The number of para-hydroxylation sites is 1. The monoisotopic (exact) mass is 372 g/mol. The van der Waals surface area contributed by atoms with Gasteiger partial charge in [-0.3, -0.25) is 0 Å². The van der Waals surface area contributed by atoms with Crippen LogP contribution in [0, 0.1) is 0 Å². The predicted molar refractivity (Wildman–Crippen MR) is 94.7 cm³/mol. The van der Waals surface area contributed by atoms with Crippen molar-refractivity contribution in [2.45, 2.75) is 6.42 Å². The van der Waals surface area contributed by atoms with E-state index < -0.39 is 5.97 Å². The summed E-state index contributed by atoms with van der Waals surface area (Å²) in [4.78, 5) is 15.7. The molecule has 0 bridgehead atoms. The molecule has 0 spiro atoms. The van der Waals surface area contributed by atoms with Crippen LogP contribution in [0.2, 0.25) is 5.02 Å². The zero-order valence-electron chi connectivity index (χ0n) is 12.8. The highest BCUT2D eigenvalue weighted by atomic mass is 35.5. The summed E-state index contributed by atoms with van der Waals surface area (Å²) in [5.74, 6) is -0.131. The second-order valence-electron chi connectivity index (χ2n) is 5.44. The van der Waals surface area contributed by atoms with Crippen molar-refractivity contribution in [3.8, 4) is 11.5 Å². The van der Waals surface area contributed by atoms with Crippen molar-refractivity contribution in [2.75, 3.05) is 6.79 Å². The number of halogens is 1. The Kier molecular flexibility index (Phi) is 4.07. The van der Waals surface area contributed by atoms with Crippen molar-refractivity contribution < 1.29 is 19.4 Å². The lowest BCUT2D eigenvalue weighted by Gasteiger charge is -2.07. The first-order valence-corrected chi connectivity index (χ1v) is 8.65. The summed E-state index contributed by atoms with van der Waals surface area (Å²) in [6.45, 7) is 0.117. The van der Waals surface area contributed by atoms with Gasteiger partial charge >= 0.3 is 0 Å². The number of thiazole rings is 1. The van der Waals surface area contributed by atoms with Crippen LogP contribution in [0.3, 0.4) is 0 Å². The number of rotatable bonds is 4. The van der Waals surface area contributed by atoms with E-state index in [1.165, 1.54) is 11.3 Å². The van der Waals surface area contributed by atoms with E-state index in [-0.39, 0.29) is 13.2 Å². The van der Waals surface area contributed by atoms with Gasteiger partial charge in [-0.2, -0.15) is 0 Å². The van der Waals surface area contributed by atoms with Gasteiger partial charge in [0.05, 0.1) is 15.2 Å². The molecule has 0 atom stereocenters. The van der Waals surface area contributed by atoms with Crippen LogP contribution in [0.4, 0.5) is 0 Å². The van der Waals surface area contributed by atoms with Gasteiger partial charge in [-0.05, 0) is 41.5 Å². The highest BCUT2D eigenvalue weighted by molar-refractivity contribution is 7.19. The van der Waals surface area contributed by atoms with E-state index in [1.54, 1.807) is 18.2 Å². The Labute approximate surface area is 152 Å². The quantitative estimate of drug-likeness (QED) is 0.702. The molecule has 0 saturated heterocycles. The SMILES string of the molecule is O=C([O-])C/C(=C\c1cc(Cl)c2c(c1)OCO2)c1nc2ccccc2s1. The van der Waals surface area contributed by atoms with Crippen molar-refractivity contribution in [1.82, 2.24) is 4.98 Å². The maximum Gasteiger partial charge on any atom is 0.231 e. The first-order valence-electron chi connectivity index (χ1n) is 7.45. The predicted octanol–water partition coefficient (Wildman–Crippen LogP) is 3.36. The molecule has 0 radical (unpaired) electrons. The van der Waals surface area contributed by atoms with E-state index in [2.05, 4.69) is 4.98 Å². The van der Waals surface area contributed by atoms with Crippen molar-refractivity contribution >= 4 is 50.8 Å². The van der Waals surface area contributed by atoms with Gasteiger partial charge in [0, 0.05) is 12.4 Å². The number of aromatic nitrogens is 1. The molecule has 25 heavy (non-hydrogen) atoms. The molecule has 0 amide bonds. The maximum atomic E-state index is 11.2. The van der Waals surface area contributed by atoms with E-state index in [1.807, 2.05) is 24.3 Å². The number of carboxylic acids is 1. The fourth-order valence-electron chi connectivity index (χ4n) is 2.63. The Morgan fingerprint density at radius 1 is 1.32 bits per heavy atom. The lowest BCUT2D eigenvalue weighted by Crippen LogP contribution is -2.22. The largest absolute Gasteiger partial charge is 0.550 e. The summed E-state index contributed by atoms with van der Waals surface area (Å²) >= 11 is 7.64. The molecule has 0 saturated carbocycles. The number of fused-ring (bicyclic) bond motifs is 2. The fourth-order valence-corrected chi connectivity index (χ4v) is 3.88. The van der Waals surface area contributed by atoms with Gasteiger partial charge < -0.3 is 19.4 Å². The Morgan fingerprint density at radius 2 is 2.16 bits per heavy atom. The number of carbonyl (C=O) groups excluding carboxylic acids is 1. The minimum absolute atomic E-state index is 0.117. The molecule has 2 aromatic carbocycles. The Balaban J connectivity index is 1.80. The number of carboxylic acid groups (broad SMARTS) is 1. The second-order valence-corrected chi connectivity index (χ2v) is 6.88.